The maximum atomic E-state index is 10.7. The molecule has 0 saturated heterocycles. The van der Waals surface area contributed by atoms with Crippen LogP contribution in [0.15, 0.2) is 73.1 Å². The van der Waals surface area contributed by atoms with E-state index in [-0.39, 0.29) is 11.5 Å². The molecule has 4 nitrogen and oxygen atoms in total. The Labute approximate surface area is 160 Å². The van der Waals surface area contributed by atoms with Crippen molar-refractivity contribution in [2.24, 2.45) is 0 Å². The average Bonchev–Trinajstić information content (AvgIpc) is 3.44. The lowest BCUT2D eigenvalue weighted by atomic mass is 9.88. The quantitative estimate of drug-likeness (QED) is 0.225. The topological polar surface area (TPSA) is 72.0 Å². The molecule has 7 aromatic rings. The molecule has 134 valence electrons. The number of H-pyrrole nitrogens is 2. The maximum absolute atomic E-state index is 10.7. The Balaban J connectivity index is 1.74. The predicted octanol–water partition coefficient (Wildman–Crippen LogP) is 5.99. The summed E-state index contributed by atoms with van der Waals surface area (Å²) in [6.07, 6.45) is 3.78. The summed E-state index contributed by atoms with van der Waals surface area (Å²) in [7, 11) is 0. The number of aromatic amines is 2. The van der Waals surface area contributed by atoms with Gasteiger partial charge in [-0.05, 0) is 69.1 Å². The monoisotopic (exact) mass is 364 g/mol. The van der Waals surface area contributed by atoms with Crippen molar-refractivity contribution in [3.8, 4) is 34.0 Å². The normalized spacial score (nSPS) is 11.9. The summed E-state index contributed by atoms with van der Waals surface area (Å²) in [4.78, 5) is 6.45. The summed E-state index contributed by atoms with van der Waals surface area (Å²) in [5.74, 6) is -0.0995. The first-order valence-electron chi connectivity index (χ1n) is 9.16. The largest absolute Gasteiger partial charge is 0.504 e. The van der Waals surface area contributed by atoms with Gasteiger partial charge in [0.2, 0.25) is 0 Å². The first kappa shape index (κ1) is 15.2. The highest BCUT2D eigenvalue weighted by Crippen LogP contribution is 2.51. The average molecular weight is 364 g/mol. The van der Waals surface area contributed by atoms with Gasteiger partial charge in [0.1, 0.15) is 0 Å². The number of aromatic hydroxyl groups is 2. The van der Waals surface area contributed by atoms with Crippen LogP contribution < -0.4 is 0 Å². The molecule has 0 fully saturated rings. The number of nitrogens with one attached hydrogen (secondary N) is 2. The molecule has 0 aliphatic heterocycles. The third-order valence-corrected chi connectivity index (χ3v) is 5.63. The van der Waals surface area contributed by atoms with Gasteiger partial charge in [-0.3, -0.25) is 0 Å². The molecule has 0 aliphatic carbocycles. The molecule has 0 amide bonds. The molecule has 4 heteroatoms. The van der Waals surface area contributed by atoms with Crippen molar-refractivity contribution in [2.45, 2.75) is 0 Å². The van der Waals surface area contributed by atoms with Crippen molar-refractivity contribution in [1.82, 2.24) is 9.97 Å². The number of hydrogen-bond donors (Lipinski definition) is 4. The van der Waals surface area contributed by atoms with Crippen LogP contribution in [0.4, 0.5) is 0 Å². The van der Waals surface area contributed by atoms with E-state index in [1.54, 1.807) is 0 Å². The number of benzene rings is 5. The van der Waals surface area contributed by atoms with Gasteiger partial charge in [-0.15, -0.1) is 0 Å². The van der Waals surface area contributed by atoms with Crippen molar-refractivity contribution in [1.29, 1.82) is 0 Å². The van der Waals surface area contributed by atoms with Crippen LogP contribution in [0, 0.1) is 0 Å². The zero-order chi connectivity index (χ0) is 18.8. The molecule has 0 atom stereocenters. The Morgan fingerprint density at radius 3 is 1.39 bits per heavy atom. The highest BCUT2D eigenvalue weighted by atomic mass is 16.3. The summed E-state index contributed by atoms with van der Waals surface area (Å²) in [5.41, 5.74) is 4.12. The number of hydrogen-bond acceptors (Lipinski definition) is 2. The second-order valence-electron chi connectivity index (χ2n) is 7.14. The number of phenolic OH excluding ortho intramolecular Hbond substituents is 2. The van der Waals surface area contributed by atoms with Crippen LogP contribution in [0.25, 0.3) is 54.8 Å². The Morgan fingerprint density at radius 1 is 0.536 bits per heavy atom. The lowest BCUT2D eigenvalue weighted by Crippen LogP contribution is -1.90. The molecular formula is C24H16N2O2. The highest BCUT2D eigenvalue weighted by molar-refractivity contribution is 6.32. The molecule has 4 N–H and O–H groups in total. The lowest BCUT2D eigenvalue weighted by molar-refractivity contribution is 0.412. The summed E-state index contributed by atoms with van der Waals surface area (Å²) in [6, 6.07) is 20.2. The molecule has 28 heavy (non-hydrogen) atoms. The van der Waals surface area contributed by atoms with E-state index in [9.17, 15) is 10.2 Å². The van der Waals surface area contributed by atoms with Crippen LogP contribution in [-0.4, -0.2) is 20.2 Å². The van der Waals surface area contributed by atoms with Crippen molar-refractivity contribution < 1.29 is 10.2 Å². The minimum atomic E-state index is -0.0498. The van der Waals surface area contributed by atoms with Gasteiger partial charge in [-0.25, -0.2) is 0 Å². The summed E-state index contributed by atoms with van der Waals surface area (Å²) >= 11 is 0. The Bertz CT molecular complexity index is 1350. The van der Waals surface area contributed by atoms with Gasteiger partial charge < -0.3 is 20.2 Å². The third kappa shape index (κ3) is 1.89. The Morgan fingerprint density at radius 2 is 1.00 bits per heavy atom. The summed E-state index contributed by atoms with van der Waals surface area (Å²) in [6.45, 7) is 0. The number of fused-ring (bicyclic) bond motifs is 1. The summed E-state index contributed by atoms with van der Waals surface area (Å²) in [5, 5.41) is 26.5. The third-order valence-electron chi connectivity index (χ3n) is 5.63. The fourth-order valence-electron chi connectivity index (χ4n) is 4.33. The van der Waals surface area contributed by atoms with Gasteiger partial charge in [0.05, 0.1) is 0 Å². The molecule has 5 aromatic carbocycles. The minimum Gasteiger partial charge on any atom is -0.504 e. The van der Waals surface area contributed by atoms with Gasteiger partial charge in [-0.2, -0.15) is 0 Å². The maximum Gasteiger partial charge on any atom is 0.166 e. The molecule has 0 spiro atoms. The van der Waals surface area contributed by atoms with Crippen LogP contribution in [0.1, 0.15) is 0 Å². The van der Waals surface area contributed by atoms with E-state index in [1.807, 2.05) is 60.9 Å². The SMILES string of the molecule is Oc1c(O)c2c3ccc(-c4ccc[nH]4)cc3c1c1ccc(-c3ccc[nH]3)cc12. The van der Waals surface area contributed by atoms with Crippen LogP contribution in [-0.2, 0) is 0 Å². The summed E-state index contributed by atoms with van der Waals surface area (Å²) < 4.78 is 0. The zero-order valence-corrected chi connectivity index (χ0v) is 14.8. The molecule has 0 unspecified atom stereocenters. The van der Waals surface area contributed by atoms with E-state index in [1.165, 1.54) is 0 Å². The smallest absolute Gasteiger partial charge is 0.166 e. The van der Waals surface area contributed by atoms with Gasteiger partial charge in [0.15, 0.2) is 11.5 Å². The fourth-order valence-corrected chi connectivity index (χ4v) is 4.33. The van der Waals surface area contributed by atoms with Gasteiger partial charge in [0.25, 0.3) is 0 Å². The molecule has 2 aromatic heterocycles. The molecule has 2 bridgehead atoms. The molecule has 0 aliphatic rings. The fraction of sp³-hybridized carbons (Fsp3) is 0. The van der Waals surface area contributed by atoms with Crippen LogP contribution in [0.2, 0.25) is 0 Å². The number of aromatic nitrogens is 2. The van der Waals surface area contributed by atoms with Crippen molar-refractivity contribution >= 4 is 32.3 Å². The Hall–Kier alpha value is -3.92. The molecule has 0 radical (unpaired) electrons. The van der Waals surface area contributed by atoms with E-state index < -0.39 is 0 Å². The van der Waals surface area contributed by atoms with Gasteiger partial charge in [0, 0.05) is 34.6 Å². The predicted molar refractivity (Wildman–Crippen MR) is 113 cm³/mol. The van der Waals surface area contributed by atoms with Crippen LogP contribution in [0.3, 0.4) is 0 Å². The number of phenols is 4. The Kier molecular flexibility index (Phi) is 2.87. The molecule has 7 rings (SSSR count). The molecule has 2 heterocycles. The number of rotatable bonds is 2. The zero-order valence-electron chi connectivity index (χ0n) is 14.8. The van der Waals surface area contributed by atoms with Crippen LogP contribution in [0.5, 0.6) is 11.5 Å². The first-order valence-corrected chi connectivity index (χ1v) is 9.16. The molecular weight excluding hydrogens is 348 g/mol. The van der Waals surface area contributed by atoms with E-state index >= 15 is 0 Å². The van der Waals surface area contributed by atoms with Gasteiger partial charge in [-0.1, -0.05) is 24.3 Å². The van der Waals surface area contributed by atoms with Crippen LogP contribution >= 0.6 is 0 Å². The first-order chi connectivity index (χ1) is 13.7. The lowest BCUT2D eigenvalue weighted by Gasteiger charge is -2.18. The molecule has 0 saturated carbocycles. The van der Waals surface area contributed by atoms with Gasteiger partial charge >= 0.3 is 0 Å². The highest BCUT2D eigenvalue weighted by Gasteiger charge is 2.21. The van der Waals surface area contributed by atoms with Crippen molar-refractivity contribution in [3.63, 3.8) is 0 Å². The van der Waals surface area contributed by atoms with Crippen molar-refractivity contribution in [2.75, 3.05) is 0 Å². The van der Waals surface area contributed by atoms with E-state index in [2.05, 4.69) is 22.1 Å². The minimum absolute atomic E-state index is 0.0498. The second-order valence-corrected chi connectivity index (χ2v) is 7.14. The van der Waals surface area contributed by atoms with E-state index in [4.69, 9.17) is 0 Å². The van der Waals surface area contributed by atoms with E-state index in [0.29, 0.717) is 10.8 Å². The van der Waals surface area contributed by atoms with Crippen molar-refractivity contribution in [3.05, 3.63) is 73.1 Å². The second kappa shape index (κ2) is 5.30. The van der Waals surface area contributed by atoms with E-state index in [0.717, 1.165) is 44.1 Å². The standard InChI is InChI=1S/C24H16N2O2/c27-23-21-16-8-6-14(20-4-2-10-26-20)12-18(16)22(24(23)28)15-7-5-13(11-17(15)21)19-3-1-9-25-19/h1-12,25-28H.